The maximum Gasteiger partial charge on any atom is 0.255 e. The van der Waals surface area contributed by atoms with Gasteiger partial charge in [-0.3, -0.25) is 14.3 Å². The number of hydrogen-bond acceptors (Lipinski definition) is 4. The number of aromatic nitrogens is 3. The predicted octanol–water partition coefficient (Wildman–Crippen LogP) is 2.20. The van der Waals surface area contributed by atoms with E-state index in [1.54, 1.807) is 9.58 Å². The number of likely N-dealkylation sites (tertiary alicyclic amines) is 2. The molecule has 7 heteroatoms. The minimum absolute atomic E-state index is 0.0705. The third-order valence-electron chi connectivity index (χ3n) is 5.79. The van der Waals surface area contributed by atoms with Gasteiger partial charge in [-0.25, -0.2) is 4.98 Å². The van der Waals surface area contributed by atoms with Crippen molar-refractivity contribution < 1.29 is 9.59 Å². The highest BCUT2D eigenvalue weighted by Gasteiger charge is 2.36. The van der Waals surface area contributed by atoms with Crippen molar-refractivity contribution in [2.75, 3.05) is 19.6 Å². The molecule has 2 aromatic rings. The molecule has 4 rings (SSSR count). The first-order valence-electron chi connectivity index (χ1n) is 9.88. The second kappa shape index (κ2) is 6.94. The van der Waals surface area contributed by atoms with E-state index >= 15 is 0 Å². The molecule has 2 amide bonds. The zero-order valence-corrected chi connectivity index (χ0v) is 16.4. The number of aryl methyl sites for hydroxylation is 3. The van der Waals surface area contributed by atoms with Crippen LogP contribution in [0.2, 0.25) is 0 Å². The lowest BCUT2D eigenvalue weighted by Gasteiger charge is -2.37. The van der Waals surface area contributed by atoms with E-state index in [1.807, 2.05) is 31.9 Å². The number of hydrogen-bond donors (Lipinski definition) is 0. The molecule has 1 atom stereocenters. The normalized spacial score (nSPS) is 20.5. The first-order valence-corrected chi connectivity index (χ1v) is 9.88. The third-order valence-corrected chi connectivity index (χ3v) is 5.79. The summed E-state index contributed by atoms with van der Waals surface area (Å²) >= 11 is 0. The molecule has 2 fully saturated rings. The maximum absolute atomic E-state index is 13.5. The molecule has 2 aliphatic heterocycles. The first kappa shape index (κ1) is 17.9. The topological polar surface area (TPSA) is 71.3 Å². The Morgan fingerprint density at radius 1 is 1.07 bits per heavy atom. The van der Waals surface area contributed by atoms with Crippen LogP contribution in [0.25, 0.3) is 11.0 Å². The summed E-state index contributed by atoms with van der Waals surface area (Å²) in [5.74, 6) is 0.0457. The molecule has 0 aliphatic carbocycles. The fraction of sp³-hybridized carbons (Fsp3) is 0.600. The highest BCUT2D eigenvalue weighted by Crippen LogP contribution is 2.27. The van der Waals surface area contributed by atoms with Gasteiger partial charge in [-0.1, -0.05) is 0 Å². The smallest absolute Gasteiger partial charge is 0.255 e. The quantitative estimate of drug-likeness (QED) is 0.814. The van der Waals surface area contributed by atoms with E-state index in [1.165, 1.54) is 0 Å². The molecule has 27 heavy (non-hydrogen) atoms. The van der Waals surface area contributed by atoms with Crippen molar-refractivity contribution in [3.63, 3.8) is 0 Å². The molecule has 144 valence electrons. The summed E-state index contributed by atoms with van der Waals surface area (Å²) in [7, 11) is 1.84. The molecule has 0 spiro atoms. The number of nitrogens with zero attached hydrogens (tertiary/aromatic N) is 5. The van der Waals surface area contributed by atoms with E-state index in [0.29, 0.717) is 12.1 Å². The van der Waals surface area contributed by atoms with Crippen molar-refractivity contribution in [1.82, 2.24) is 24.6 Å². The Kier molecular flexibility index (Phi) is 4.61. The van der Waals surface area contributed by atoms with E-state index in [2.05, 4.69) is 10.1 Å². The van der Waals surface area contributed by atoms with Crippen LogP contribution in [-0.2, 0) is 11.8 Å². The molecule has 0 bridgehead atoms. The zero-order chi connectivity index (χ0) is 19.1. The molecule has 7 nitrogen and oxygen atoms in total. The fourth-order valence-corrected chi connectivity index (χ4v) is 4.47. The van der Waals surface area contributed by atoms with Gasteiger partial charge in [-0.15, -0.1) is 0 Å². The van der Waals surface area contributed by atoms with E-state index in [-0.39, 0.29) is 17.9 Å². The summed E-state index contributed by atoms with van der Waals surface area (Å²) in [6.07, 6.45) is 4.80. The van der Waals surface area contributed by atoms with E-state index in [0.717, 1.165) is 67.6 Å². The molecule has 2 aliphatic rings. The minimum Gasteiger partial charge on any atom is -0.341 e. The highest BCUT2D eigenvalue weighted by molar-refractivity contribution is 6.07. The molecule has 0 aromatic carbocycles. The lowest BCUT2D eigenvalue weighted by atomic mass is 9.98. The monoisotopic (exact) mass is 369 g/mol. The van der Waals surface area contributed by atoms with Crippen molar-refractivity contribution in [3.05, 3.63) is 23.0 Å². The Morgan fingerprint density at radius 3 is 2.52 bits per heavy atom. The van der Waals surface area contributed by atoms with Crippen molar-refractivity contribution >= 4 is 22.8 Å². The van der Waals surface area contributed by atoms with Gasteiger partial charge in [0.1, 0.15) is 6.04 Å². The van der Waals surface area contributed by atoms with E-state index < -0.39 is 0 Å². The van der Waals surface area contributed by atoms with Crippen LogP contribution in [-0.4, -0.2) is 62.1 Å². The molecular formula is C20H27N5O2. The van der Waals surface area contributed by atoms with Gasteiger partial charge in [0.25, 0.3) is 5.91 Å². The summed E-state index contributed by atoms with van der Waals surface area (Å²) in [6.45, 7) is 6.06. The van der Waals surface area contributed by atoms with E-state index in [4.69, 9.17) is 0 Å². The Bertz CT molecular complexity index is 897. The Morgan fingerprint density at radius 2 is 1.78 bits per heavy atom. The minimum atomic E-state index is -0.343. The van der Waals surface area contributed by atoms with Crippen LogP contribution in [0.5, 0.6) is 0 Å². The van der Waals surface area contributed by atoms with Crippen molar-refractivity contribution in [3.8, 4) is 0 Å². The van der Waals surface area contributed by atoms with Crippen LogP contribution < -0.4 is 0 Å². The van der Waals surface area contributed by atoms with Crippen LogP contribution in [0, 0.1) is 13.8 Å². The molecule has 2 saturated heterocycles. The largest absolute Gasteiger partial charge is 0.341 e. The predicted molar refractivity (Wildman–Crippen MR) is 102 cm³/mol. The summed E-state index contributed by atoms with van der Waals surface area (Å²) in [6, 6.07) is 1.50. The van der Waals surface area contributed by atoms with Gasteiger partial charge < -0.3 is 9.80 Å². The number of fused-ring (bicyclic) bond motifs is 1. The van der Waals surface area contributed by atoms with Crippen molar-refractivity contribution in [2.24, 2.45) is 7.05 Å². The second-order valence-corrected chi connectivity index (χ2v) is 7.76. The van der Waals surface area contributed by atoms with Crippen molar-refractivity contribution in [2.45, 2.75) is 52.0 Å². The molecule has 1 unspecified atom stereocenters. The molecular weight excluding hydrogens is 342 g/mol. The second-order valence-electron chi connectivity index (χ2n) is 7.76. The Balaban J connectivity index is 1.72. The maximum atomic E-state index is 13.5. The third kappa shape index (κ3) is 3.09. The van der Waals surface area contributed by atoms with Crippen LogP contribution >= 0.6 is 0 Å². The van der Waals surface area contributed by atoms with Crippen LogP contribution in [0.15, 0.2) is 6.07 Å². The lowest BCUT2D eigenvalue weighted by molar-refractivity contribution is -0.136. The highest BCUT2D eigenvalue weighted by atomic mass is 16.2. The van der Waals surface area contributed by atoms with Gasteiger partial charge in [0.15, 0.2) is 5.65 Å². The molecule has 0 N–H and O–H groups in total. The SMILES string of the molecule is Cc1cc(C(=O)N2CCCCC2C(=O)N2CCCC2)c2c(C)nn(C)c2n1. The molecule has 0 saturated carbocycles. The average Bonchev–Trinajstić information content (AvgIpc) is 3.29. The Hall–Kier alpha value is -2.44. The number of carbonyl (C=O) groups excluding carboxylic acids is 2. The number of amides is 2. The van der Waals surface area contributed by atoms with Crippen molar-refractivity contribution in [1.29, 1.82) is 0 Å². The summed E-state index contributed by atoms with van der Waals surface area (Å²) in [4.78, 5) is 34.9. The number of piperidine rings is 1. The van der Waals surface area contributed by atoms with Gasteiger partial charge >= 0.3 is 0 Å². The summed E-state index contributed by atoms with van der Waals surface area (Å²) in [5.41, 5.74) is 2.91. The summed E-state index contributed by atoms with van der Waals surface area (Å²) < 4.78 is 1.72. The van der Waals surface area contributed by atoms with Gasteiger partial charge in [0.2, 0.25) is 5.91 Å². The van der Waals surface area contributed by atoms with E-state index in [9.17, 15) is 9.59 Å². The first-order chi connectivity index (χ1) is 13.0. The van der Waals surface area contributed by atoms with Gasteiger partial charge in [-0.2, -0.15) is 5.10 Å². The number of rotatable bonds is 2. The van der Waals surface area contributed by atoms with Gasteiger partial charge in [0, 0.05) is 32.4 Å². The number of pyridine rings is 1. The van der Waals surface area contributed by atoms with Gasteiger partial charge in [-0.05, 0) is 52.0 Å². The van der Waals surface area contributed by atoms with Crippen LogP contribution in [0.3, 0.4) is 0 Å². The van der Waals surface area contributed by atoms with Gasteiger partial charge in [0.05, 0.1) is 16.6 Å². The fourth-order valence-electron chi connectivity index (χ4n) is 4.47. The summed E-state index contributed by atoms with van der Waals surface area (Å²) in [5, 5.41) is 5.24. The molecule has 0 radical (unpaired) electrons. The number of carbonyl (C=O) groups is 2. The van der Waals surface area contributed by atoms with Crippen LogP contribution in [0.4, 0.5) is 0 Å². The molecule has 4 heterocycles. The molecule has 2 aromatic heterocycles. The van der Waals surface area contributed by atoms with Crippen LogP contribution in [0.1, 0.15) is 53.8 Å². The lowest BCUT2D eigenvalue weighted by Crippen LogP contribution is -2.52. The standard InChI is InChI=1S/C20H27N5O2/c1-13-12-15(17-14(2)22-23(3)18(17)21-13)19(26)25-11-5-4-8-16(25)20(27)24-9-6-7-10-24/h12,16H,4-11H2,1-3H3. The average molecular weight is 369 g/mol. The Labute approximate surface area is 159 Å². The zero-order valence-electron chi connectivity index (χ0n) is 16.4.